The quantitative estimate of drug-likeness (QED) is 0.0782. The summed E-state index contributed by atoms with van der Waals surface area (Å²) >= 11 is 6.56. The number of sulfonamides is 2. The van der Waals surface area contributed by atoms with Crippen LogP contribution in [0.25, 0.3) is 0 Å². The Hall–Kier alpha value is -4.40. The van der Waals surface area contributed by atoms with Gasteiger partial charge in [-0.05, 0) is 122 Å². The molecule has 9 rings (SSSR count). The lowest BCUT2D eigenvalue weighted by molar-refractivity contribution is 0.0876. The summed E-state index contributed by atoms with van der Waals surface area (Å²) in [6, 6.07) is 34.4. The number of imidazole rings is 2. The number of nitrogens with two attached hydrogens (primary N) is 1. The monoisotopic (exact) mass is 1150 g/mol. The topological polar surface area (TPSA) is 158 Å². The van der Waals surface area contributed by atoms with Gasteiger partial charge in [-0.2, -0.15) is 8.61 Å². The van der Waals surface area contributed by atoms with Crippen LogP contribution in [-0.2, 0) is 59.8 Å². The lowest BCUT2D eigenvalue weighted by Crippen LogP contribution is -2.49. The van der Waals surface area contributed by atoms with Crippen molar-refractivity contribution in [1.82, 2.24) is 32.6 Å². The van der Waals surface area contributed by atoms with Gasteiger partial charge in [0.2, 0.25) is 0 Å². The van der Waals surface area contributed by atoms with Crippen molar-refractivity contribution in [2.45, 2.75) is 85.3 Å². The molecule has 0 radical (unpaired) electrons. The van der Waals surface area contributed by atoms with Crippen LogP contribution in [0.3, 0.4) is 0 Å². The van der Waals surface area contributed by atoms with E-state index in [0.29, 0.717) is 12.0 Å². The Morgan fingerprint density at radius 1 is 0.653 bits per heavy atom. The Balaban J connectivity index is 0.000000194. The molecule has 3 aliphatic rings. The normalized spacial score (nSPS) is 18.7. The molecule has 388 valence electrons. The molecule has 1 saturated heterocycles. The number of fused-ring (bicyclic) bond motifs is 2. The van der Waals surface area contributed by atoms with Crippen molar-refractivity contribution < 1.29 is 26.3 Å². The second-order valence-electron chi connectivity index (χ2n) is 18.8. The second-order valence-corrected chi connectivity index (χ2v) is 24.4. The summed E-state index contributed by atoms with van der Waals surface area (Å²) in [4.78, 5) is 10.6. The molecule has 2 aliphatic carbocycles. The minimum Gasteiger partial charge on any atom is -0.492 e. The lowest BCUT2D eigenvalue weighted by atomic mass is 9.75. The predicted molar refractivity (Wildman–Crippen MR) is 292 cm³/mol. The summed E-state index contributed by atoms with van der Waals surface area (Å²) < 4.78 is 68.5. The van der Waals surface area contributed by atoms with E-state index in [1.54, 1.807) is 30.3 Å². The molecule has 0 saturated carbocycles. The van der Waals surface area contributed by atoms with E-state index in [-0.39, 0.29) is 48.3 Å². The van der Waals surface area contributed by atoms with Gasteiger partial charge in [-0.3, -0.25) is 4.90 Å². The number of hydrogen-bond acceptors (Lipinski definition) is 10. The summed E-state index contributed by atoms with van der Waals surface area (Å²) in [5.74, 6) is 2.20. The van der Waals surface area contributed by atoms with Gasteiger partial charge >= 0.3 is 0 Å². The molecule has 1 fully saturated rings. The first-order valence-electron chi connectivity index (χ1n) is 24.8. The van der Waals surface area contributed by atoms with E-state index in [1.165, 1.54) is 106 Å². The van der Waals surface area contributed by atoms with Crippen molar-refractivity contribution in [3.8, 4) is 11.5 Å². The van der Waals surface area contributed by atoms with E-state index >= 15 is 0 Å². The number of nitrogens with zero attached hydrogens (tertiary/aromatic N) is 7. The lowest BCUT2D eigenvalue weighted by Gasteiger charge is -2.45. The van der Waals surface area contributed by atoms with Crippen LogP contribution in [0.2, 0.25) is 0 Å². The Labute approximate surface area is 444 Å². The van der Waals surface area contributed by atoms with Gasteiger partial charge in [0.1, 0.15) is 24.7 Å². The highest BCUT2D eigenvalue weighted by molar-refractivity contribution is 9.09. The van der Waals surface area contributed by atoms with Gasteiger partial charge in [-0.15, -0.1) is 0 Å². The van der Waals surface area contributed by atoms with E-state index in [2.05, 4.69) is 126 Å². The van der Waals surface area contributed by atoms with Crippen molar-refractivity contribution in [3.05, 3.63) is 155 Å². The van der Waals surface area contributed by atoms with Crippen molar-refractivity contribution in [1.29, 1.82) is 0 Å². The summed E-state index contributed by atoms with van der Waals surface area (Å²) in [5.41, 5.74) is 14.5. The summed E-state index contributed by atoms with van der Waals surface area (Å²) in [7, 11) is -0.669. The molecule has 0 spiro atoms. The van der Waals surface area contributed by atoms with Crippen LogP contribution in [0.1, 0.15) is 70.9 Å². The number of halogens is 2. The number of aryl methyl sites for hydroxylation is 4. The summed E-state index contributed by atoms with van der Waals surface area (Å²) in [6.07, 6.45) is 14.6. The first kappa shape index (κ1) is 55.4. The van der Waals surface area contributed by atoms with Crippen LogP contribution in [-0.4, -0.2) is 126 Å². The third-order valence-electron chi connectivity index (χ3n) is 13.8. The van der Waals surface area contributed by atoms with Gasteiger partial charge < -0.3 is 24.3 Å². The maximum atomic E-state index is 12.7. The Morgan fingerprint density at radius 2 is 1.11 bits per heavy atom. The smallest absolute Gasteiger partial charge is 0.261 e. The van der Waals surface area contributed by atoms with Crippen molar-refractivity contribution in [2.24, 2.45) is 19.8 Å². The Bertz CT molecular complexity index is 2860. The molecule has 4 unspecified atom stereocenters. The van der Waals surface area contributed by atoms with Gasteiger partial charge in [0.05, 0.1) is 12.7 Å². The third kappa shape index (κ3) is 14.5. The second kappa shape index (κ2) is 26.2. The molecule has 3 heterocycles. The highest BCUT2D eigenvalue weighted by Crippen LogP contribution is 2.40. The Kier molecular flexibility index (Phi) is 20.1. The van der Waals surface area contributed by atoms with Crippen molar-refractivity contribution >= 4 is 51.9 Å². The maximum Gasteiger partial charge on any atom is 0.261 e. The number of rotatable bonds is 19. The third-order valence-corrected chi connectivity index (χ3v) is 18.4. The molecule has 4 aromatic carbocycles. The van der Waals surface area contributed by atoms with Gasteiger partial charge in [-0.25, -0.2) is 26.8 Å². The van der Waals surface area contributed by atoms with Crippen LogP contribution in [0, 0.1) is 0 Å². The molecule has 0 bridgehead atoms. The van der Waals surface area contributed by atoms with Crippen molar-refractivity contribution in [3.63, 3.8) is 0 Å². The highest BCUT2D eigenvalue weighted by Gasteiger charge is 2.36. The van der Waals surface area contributed by atoms with E-state index in [9.17, 15) is 16.8 Å². The van der Waals surface area contributed by atoms with Gasteiger partial charge in [0, 0.05) is 88.3 Å². The molecular formula is C54H70Br2N8O6S2. The maximum absolute atomic E-state index is 12.7. The molecular weight excluding hydrogens is 1080 g/mol. The van der Waals surface area contributed by atoms with Gasteiger partial charge in [0.25, 0.3) is 20.0 Å². The molecule has 72 heavy (non-hydrogen) atoms. The number of alkyl halides is 2. The highest BCUT2D eigenvalue weighted by atomic mass is 79.9. The zero-order chi connectivity index (χ0) is 51.3. The molecule has 1 aliphatic heterocycles. The summed E-state index contributed by atoms with van der Waals surface area (Å²) in [5, 5.41) is 2.31. The van der Waals surface area contributed by atoms with E-state index in [4.69, 9.17) is 15.2 Å². The molecule has 2 aromatic heterocycles. The van der Waals surface area contributed by atoms with Crippen molar-refractivity contribution in [2.75, 3.05) is 64.1 Å². The fourth-order valence-electron chi connectivity index (χ4n) is 9.53. The standard InChI is InChI=1S/C27H34N4O3S.C24H30N4O3S.C3H6Br2/c1-29-19-27(28-20-29)35(32,33)30(2)15-16-34-23-11-9-22-10-12-26(31-13-6-14-31)25(24(22)18-23)17-21-7-4-3-5-8-21;1-27-16-24(26-17-27)32(29,30)28(2)12-13-31-20-10-8-19-9-11-23(25)22(21(19)15-20)14-18-6-4-3-5-7-18;4-2-1-3-5/h3-5,7-9,11,18-20,25-26H,6,10,12-17H2,1-2H3;3-8,10,15-17,22-23H,9,11-14,25H2,1-2H3;1-3H2. The average molecular weight is 1150 g/mol. The summed E-state index contributed by atoms with van der Waals surface area (Å²) in [6.45, 7) is 3.39. The van der Waals surface area contributed by atoms with E-state index < -0.39 is 20.0 Å². The van der Waals surface area contributed by atoms with Crippen LogP contribution >= 0.6 is 31.9 Å². The number of hydrogen-bond donors (Lipinski definition) is 1. The Morgan fingerprint density at radius 3 is 1.53 bits per heavy atom. The van der Waals surface area contributed by atoms with Crippen LogP contribution in [0.15, 0.2) is 132 Å². The minimum atomic E-state index is -3.63. The fraction of sp³-hybridized carbons (Fsp3) is 0.444. The number of ether oxygens (including phenoxy) is 2. The molecule has 14 nitrogen and oxygen atoms in total. The zero-order valence-corrected chi connectivity index (χ0v) is 46.7. The number of likely N-dealkylation sites (tertiary alicyclic amines) is 1. The molecule has 6 aromatic rings. The first-order valence-corrected chi connectivity index (χ1v) is 29.9. The van der Waals surface area contributed by atoms with Gasteiger partial charge in [-0.1, -0.05) is 105 Å². The van der Waals surface area contributed by atoms with Gasteiger partial charge in [0.15, 0.2) is 10.1 Å². The number of aromatic nitrogens is 4. The van der Waals surface area contributed by atoms with Crippen LogP contribution in [0.5, 0.6) is 11.5 Å². The van der Waals surface area contributed by atoms with Crippen LogP contribution < -0.4 is 15.2 Å². The first-order chi connectivity index (χ1) is 34.7. The fourth-order valence-corrected chi connectivity index (χ4v) is 13.1. The largest absolute Gasteiger partial charge is 0.492 e. The zero-order valence-electron chi connectivity index (χ0n) is 41.9. The number of likely N-dealkylation sites (N-methyl/N-ethyl adjacent to an activating group) is 2. The number of benzene rings is 4. The van der Waals surface area contributed by atoms with E-state index in [0.717, 1.165) is 54.3 Å². The minimum absolute atomic E-state index is 0.0361. The molecule has 4 atom stereocenters. The predicted octanol–water partition coefficient (Wildman–Crippen LogP) is 8.35. The van der Waals surface area contributed by atoms with E-state index in [1.807, 2.05) is 18.2 Å². The average Bonchev–Trinajstić information content (AvgIpc) is 4.02. The SMILES string of the molecule is BrCCCBr.CN(CCOc1ccc2c(c1)C(Cc1ccccc1)C(N)CC2)S(=O)(=O)c1cn(C)cn1.CN(CCOc1ccc2c(c1)C(Cc1ccccc1)C(N1CCC1)CC2)S(=O)(=O)c1cn(C)cn1. The van der Waals surface area contributed by atoms with Crippen LogP contribution in [0.4, 0.5) is 0 Å². The molecule has 2 N–H and O–H groups in total. The molecule has 0 amide bonds. The molecule has 18 heteroatoms.